The fraction of sp³-hybridized carbons (Fsp3) is 0.909. The third-order valence-corrected chi connectivity index (χ3v) is 9.37. The average molecular weight is 376 g/mol. The van der Waals surface area contributed by atoms with Gasteiger partial charge in [-0.05, 0) is 43.4 Å². The number of ether oxygens (including phenoxy) is 2. The summed E-state index contributed by atoms with van der Waals surface area (Å²) in [5.74, 6) is 0.334. The van der Waals surface area contributed by atoms with Gasteiger partial charge in [0.05, 0.1) is 17.8 Å². The summed E-state index contributed by atoms with van der Waals surface area (Å²) in [5.41, 5.74) is -1.13. The Balaban J connectivity index is 1.61. The van der Waals surface area contributed by atoms with Crippen LogP contribution in [0, 0.1) is 34.0 Å². The lowest BCUT2D eigenvalue weighted by atomic mass is 9.39. The van der Waals surface area contributed by atoms with Gasteiger partial charge in [0.1, 0.15) is 11.9 Å². The van der Waals surface area contributed by atoms with Gasteiger partial charge in [-0.1, -0.05) is 20.8 Å². The van der Waals surface area contributed by atoms with Crippen molar-refractivity contribution in [1.29, 1.82) is 0 Å². The number of aliphatic hydroxyl groups excluding tert-OH is 1. The van der Waals surface area contributed by atoms with Gasteiger partial charge in [-0.25, -0.2) is 0 Å². The SMILES string of the molecule is CC(=O)O[C@H]1C[C@H](O)[C@]2(C)[C@H](C(=O)C[C@]34C[C@H]5C[C@H](O[C@@]5(C)C3)[C@H]42)C1(C)C. The Morgan fingerprint density at radius 3 is 2.56 bits per heavy atom. The van der Waals surface area contributed by atoms with Crippen LogP contribution in [0.3, 0.4) is 0 Å². The maximum absolute atomic E-state index is 13.6. The molecule has 27 heavy (non-hydrogen) atoms. The minimum Gasteiger partial charge on any atom is -0.462 e. The van der Waals surface area contributed by atoms with Crippen LogP contribution in [-0.4, -0.2) is 40.8 Å². The first-order chi connectivity index (χ1) is 12.4. The van der Waals surface area contributed by atoms with Gasteiger partial charge in [-0.3, -0.25) is 9.59 Å². The molecule has 5 heteroatoms. The second-order valence-electron chi connectivity index (χ2n) is 11.2. The van der Waals surface area contributed by atoms with Gasteiger partial charge in [0.25, 0.3) is 0 Å². The molecule has 0 aromatic rings. The minimum absolute atomic E-state index is 0.0196. The van der Waals surface area contributed by atoms with Gasteiger partial charge < -0.3 is 14.6 Å². The first-order valence-electron chi connectivity index (χ1n) is 10.5. The highest BCUT2D eigenvalue weighted by Crippen LogP contribution is 2.76. The van der Waals surface area contributed by atoms with Crippen LogP contribution in [0.2, 0.25) is 0 Å². The van der Waals surface area contributed by atoms with Gasteiger partial charge in [0, 0.05) is 36.5 Å². The molecule has 1 spiro atoms. The van der Waals surface area contributed by atoms with Crippen LogP contribution >= 0.6 is 0 Å². The van der Waals surface area contributed by atoms with Crippen molar-refractivity contribution >= 4 is 11.8 Å². The summed E-state index contributed by atoms with van der Waals surface area (Å²) in [5, 5.41) is 11.4. The van der Waals surface area contributed by atoms with Crippen molar-refractivity contribution in [2.24, 2.45) is 34.0 Å². The van der Waals surface area contributed by atoms with E-state index in [1.54, 1.807) is 0 Å². The molecule has 150 valence electrons. The van der Waals surface area contributed by atoms with Crippen molar-refractivity contribution in [3.05, 3.63) is 0 Å². The second-order valence-corrected chi connectivity index (χ2v) is 11.2. The highest BCUT2D eigenvalue weighted by Gasteiger charge is 2.77. The molecule has 1 N–H and O–H groups in total. The third kappa shape index (κ3) is 1.98. The molecule has 4 bridgehead atoms. The van der Waals surface area contributed by atoms with Crippen LogP contribution in [-0.2, 0) is 19.1 Å². The van der Waals surface area contributed by atoms with Crippen molar-refractivity contribution in [3.63, 3.8) is 0 Å². The standard InChI is InChI=1S/C22H32O5/c1-11(23)26-16-7-15(25)21(5)17(19(16,2)3)13(24)9-22-8-12-6-14(18(21)22)27-20(12,4)10-22/h12,14-18,25H,6-10H2,1-5H3/t12-,14+,15+,16+,17-,18+,20+,21-,22-/m1/s1. The lowest BCUT2D eigenvalue weighted by molar-refractivity contribution is -0.261. The summed E-state index contributed by atoms with van der Waals surface area (Å²) < 4.78 is 12.1. The number of Topliss-reactive ketones (excluding diaryl/α,β-unsaturated/α-hetero) is 1. The minimum atomic E-state index is -0.668. The van der Waals surface area contributed by atoms with Crippen molar-refractivity contribution in [2.45, 2.75) is 90.6 Å². The lowest BCUT2D eigenvalue weighted by Gasteiger charge is -2.67. The number of rotatable bonds is 1. The van der Waals surface area contributed by atoms with Crippen LogP contribution in [0.15, 0.2) is 0 Å². The maximum atomic E-state index is 13.6. The molecule has 6 rings (SSSR count). The highest BCUT2D eigenvalue weighted by atomic mass is 16.5. The Labute approximate surface area is 161 Å². The van der Waals surface area contributed by atoms with E-state index in [0.29, 0.717) is 18.8 Å². The van der Waals surface area contributed by atoms with E-state index in [2.05, 4.69) is 13.8 Å². The summed E-state index contributed by atoms with van der Waals surface area (Å²) in [6, 6.07) is 0. The summed E-state index contributed by atoms with van der Waals surface area (Å²) in [6.45, 7) is 9.82. The Hall–Kier alpha value is -0.940. The number of aliphatic hydroxyl groups is 1. The van der Waals surface area contributed by atoms with E-state index in [0.717, 1.165) is 19.3 Å². The van der Waals surface area contributed by atoms with Gasteiger partial charge in [-0.15, -0.1) is 0 Å². The quantitative estimate of drug-likeness (QED) is 0.713. The number of carbonyl (C=O) groups is 2. The molecule has 6 fully saturated rings. The largest absolute Gasteiger partial charge is 0.462 e. The molecule has 4 saturated carbocycles. The summed E-state index contributed by atoms with van der Waals surface area (Å²) in [7, 11) is 0. The smallest absolute Gasteiger partial charge is 0.302 e. The maximum Gasteiger partial charge on any atom is 0.302 e. The van der Waals surface area contributed by atoms with Crippen molar-refractivity contribution in [1.82, 2.24) is 0 Å². The van der Waals surface area contributed by atoms with E-state index >= 15 is 0 Å². The molecule has 0 radical (unpaired) electrons. The summed E-state index contributed by atoms with van der Waals surface area (Å²) in [4.78, 5) is 25.2. The van der Waals surface area contributed by atoms with Crippen molar-refractivity contribution < 1.29 is 24.2 Å². The van der Waals surface area contributed by atoms with Crippen LogP contribution < -0.4 is 0 Å². The first-order valence-corrected chi connectivity index (χ1v) is 10.5. The fourth-order valence-electron chi connectivity index (χ4n) is 8.85. The van der Waals surface area contributed by atoms with Crippen molar-refractivity contribution in [2.75, 3.05) is 0 Å². The first kappa shape index (κ1) is 18.1. The Morgan fingerprint density at radius 2 is 1.93 bits per heavy atom. The second kappa shape index (κ2) is 4.96. The molecule has 6 aliphatic rings. The lowest BCUT2D eigenvalue weighted by Crippen LogP contribution is -2.70. The number of esters is 1. The predicted octanol–water partition coefficient (Wildman–Crippen LogP) is 2.88. The van der Waals surface area contributed by atoms with Gasteiger partial charge in [0.15, 0.2) is 0 Å². The zero-order valence-corrected chi connectivity index (χ0v) is 17.1. The molecule has 0 aromatic carbocycles. The number of fused-ring (bicyclic) bond motifs is 1. The molecule has 2 saturated heterocycles. The summed E-state index contributed by atoms with van der Waals surface area (Å²) in [6.07, 6.45) is 3.07. The molecule has 0 unspecified atom stereocenters. The number of hydrogen-bond acceptors (Lipinski definition) is 5. The Kier molecular flexibility index (Phi) is 3.33. The van der Waals surface area contributed by atoms with Crippen LogP contribution in [0.25, 0.3) is 0 Å². The van der Waals surface area contributed by atoms with E-state index in [9.17, 15) is 14.7 Å². The van der Waals surface area contributed by atoms with E-state index in [4.69, 9.17) is 9.47 Å². The van der Waals surface area contributed by atoms with Crippen LogP contribution in [0.5, 0.6) is 0 Å². The predicted molar refractivity (Wildman–Crippen MR) is 97.7 cm³/mol. The Morgan fingerprint density at radius 1 is 1.22 bits per heavy atom. The number of ketones is 1. The molecule has 4 aliphatic carbocycles. The van der Waals surface area contributed by atoms with E-state index < -0.39 is 23.0 Å². The Bertz CT molecular complexity index is 730. The van der Waals surface area contributed by atoms with Crippen molar-refractivity contribution in [3.8, 4) is 0 Å². The zero-order chi connectivity index (χ0) is 19.6. The molecule has 2 heterocycles. The molecular weight excluding hydrogens is 344 g/mol. The normalized spacial score (nSPS) is 57.3. The topological polar surface area (TPSA) is 72.8 Å². The highest BCUT2D eigenvalue weighted by molar-refractivity contribution is 5.85. The molecule has 0 amide bonds. The number of hydrogen-bond donors (Lipinski definition) is 1. The molecule has 9 atom stereocenters. The van der Waals surface area contributed by atoms with Gasteiger partial charge >= 0.3 is 5.97 Å². The monoisotopic (exact) mass is 376 g/mol. The number of carbonyl (C=O) groups excluding carboxylic acids is 2. The average Bonchev–Trinajstić information content (AvgIpc) is 2.85. The van der Waals surface area contributed by atoms with E-state index in [1.165, 1.54) is 6.92 Å². The fourth-order valence-corrected chi connectivity index (χ4v) is 8.85. The molecule has 5 nitrogen and oxygen atoms in total. The van der Waals surface area contributed by atoms with E-state index in [1.807, 2.05) is 13.8 Å². The zero-order valence-electron chi connectivity index (χ0n) is 17.1. The van der Waals surface area contributed by atoms with Crippen LogP contribution in [0.1, 0.15) is 66.7 Å². The molecular formula is C22H32O5. The third-order valence-electron chi connectivity index (χ3n) is 9.37. The molecule has 2 aliphatic heterocycles. The van der Waals surface area contributed by atoms with Gasteiger partial charge in [-0.2, -0.15) is 0 Å². The van der Waals surface area contributed by atoms with Gasteiger partial charge in [0.2, 0.25) is 0 Å². The van der Waals surface area contributed by atoms with Crippen LogP contribution in [0.4, 0.5) is 0 Å². The molecule has 0 aromatic heterocycles. The summed E-state index contributed by atoms with van der Waals surface area (Å²) >= 11 is 0. The van der Waals surface area contributed by atoms with E-state index in [-0.39, 0.29) is 40.7 Å².